The summed E-state index contributed by atoms with van der Waals surface area (Å²) in [5, 5.41) is 11.6. The normalized spacial score (nSPS) is 11.1. The van der Waals surface area contributed by atoms with Gasteiger partial charge in [0.25, 0.3) is 5.78 Å². The minimum Gasteiger partial charge on any atom is -0.481 e. The van der Waals surface area contributed by atoms with Gasteiger partial charge in [0, 0.05) is 6.42 Å². The first-order valence-corrected chi connectivity index (χ1v) is 5.42. The van der Waals surface area contributed by atoms with Gasteiger partial charge in [-0.05, 0) is 12.1 Å². The van der Waals surface area contributed by atoms with Crippen molar-refractivity contribution >= 4 is 11.7 Å². The van der Waals surface area contributed by atoms with Crippen molar-refractivity contribution in [2.45, 2.75) is 12.8 Å². The lowest BCUT2D eigenvalue weighted by Crippen LogP contribution is -1.97. The number of aromatic amines is 1. The quantitative estimate of drug-likeness (QED) is 0.724. The number of carboxylic acids is 1. The number of H-pyrrole nitrogens is 1. The number of aryl methyl sites for hydroxylation is 1. The van der Waals surface area contributed by atoms with Crippen LogP contribution in [-0.2, 0) is 11.2 Å². The van der Waals surface area contributed by atoms with Crippen molar-refractivity contribution in [1.82, 2.24) is 19.6 Å². The zero-order valence-electron chi connectivity index (χ0n) is 9.33. The summed E-state index contributed by atoms with van der Waals surface area (Å²) in [6.07, 6.45) is 3.75. The summed E-state index contributed by atoms with van der Waals surface area (Å²) in [6, 6.07) is 3.57. The number of hydrogen-bond acceptors (Lipinski definition) is 4. The highest BCUT2D eigenvalue weighted by molar-refractivity contribution is 5.67. The molecule has 2 N–H and O–H groups in total. The van der Waals surface area contributed by atoms with Crippen LogP contribution in [-0.4, -0.2) is 30.7 Å². The van der Waals surface area contributed by atoms with E-state index in [0.29, 0.717) is 29.5 Å². The fourth-order valence-corrected chi connectivity index (χ4v) is 1.70. The molecule has 0 saturated carbocycles. The molecule has 0 aliphatic rings. The smallest absolute Gasteiger partial charge is 0.303 e. The number of rotatable bonds is 4. The summed E-state index contributed by atoms with van der Waals surface area (Å²) in [5.41, 5.74) is 0.696. The van der Waals surface area contributed by atoms with Crippen LogP contribution in [0.5, 0.6) is 0 Å². The zero-order valence-corrected chi connectivity index (χ0v) is 9.33. The molecule has 7 nitrogen and oxygen atoms in total. The van der Waals surface area contributed by atoms with Crippen molar-refractivity contribution < 1.29 is 14.3 Å². The molecule has 0 spiro atoms. The summed E-state index contributed by atoms with van der Waals surface area (Å²) < 4.78 is 6.86. The van der Waals surface area contributed by atoms with Gasteiger partial charge in [-0.15, -0.1) is 0 Å². The van der Waals surface area contributed by atoms with Gasteiger partial charge in [-0.25, -0.2) is 9.50 Å². The van der Waals surface area contributed by atoms with Crippen molar-refractivity contribution in [2.24, 2.45) is 0 Å². The maximum atomic E-state index is 10.5. The predicted molar refractivity (Wildman–Crippen MR) is 61.0 cm³/mol. The van der Waals surface area contributed by atoms with Crippen molar-refractivity contribution in [2.75, 3.05) is 0 Å². The van der Waals surface area contributed by atoms with E-state index in [9.17, 15) is 4.79 Å². The van der Waals surface area contributed by atoms with Crippen LogP contribution in [0.4, 0.5) is 0 Å². The molecule has 0 radical (unpaired) electrons. The molecule has 0 fully saturated rings. The average Bonchev–Trinajstić information content (AvgIpc) is 3.00. The van der Waals surface area contributed by atoms with Crippen molar-refractivity contribution in [3.8, 4) is 11.6 Å². The number of aliphatic carboxylic acids is 1. The Balaban J connectivity index is 1.87. The van der Waals surface area contributed by atoms with E-state index in [4.69, 9.17) is 9.52 Å². The van der Waals surface area contributed by atoms with Crippen LogP contribution < -0.4 is 0 Å². The van der Waals surface area contributed by atoms with Crippen LogP contribution in [0, 0.1) is 0 Å². The van der Waals surface area contributed by atoms with Crippen LogP contribution in [0.25, 0.3) is 17.4 Å². The first-order chi connectivity index (χ1) is 8.72. The predicted octanol–water partition coefficient (Wildman–Crippen LogP) is 1.33. The van der Waals surface area contributed by atoms with E-state index in [1.165, 1.54) is 0 Å². The molecular weight excluding hydrogens is 236 g/mol. The second kappa shape index (κ2) is 4.02. The maximum Gasteiger partial charge on any atom is 0.303 e. The van der Waals surface area contributed by atoms with E-state index in [0.717, 1.165) is 0 Å². The van der Waals surface area contributed by atoms with Crippen LogP contribution in [0.15, 0.2) is 29.0 Å². The van der Waals surface area contributed by atoms with E-state index in [2.05, 4.69) is 15.1 Å². The lowest BCUT2D eigenvalue weighted by molar-refractivity contribution is -0.136. The van der Waals surface area contributed by atoms with Crippen molar-refractivity contribution in [1.29, 1.82) is 0 Å². The van der Waals surface area contributed by atoms with Crippen LogP contribution >= 0.6 is 0 Å². The van der Waals surface area contributed by atoms with Gasteiger partial charge in [0.05, 0.1) is 24.6 Å². The highest BCUT2D eigenvalue weighted by Crippen LogP contribution is 2.16. The molecule has 0 amide bonds. The number of carboxylic acid groups (broad SMARTS) is 1. The molecular formula is C11H10N4O3. The molecule has 0 aliphatic heterocycles. The Hall–Kier alpha value is -2.57. The second-order valence-corrected chi connectivity index (χ2v) is 3.85. The topological polar surface area (TPSA) is 96.4 Å². The Kier molecular flexibility index (Phi) is 2.36. The van der Waals surface area contributed by atoms with Gasteiger partial charge in [0.2, 0.25) is 0 Å². The van der Waals surface area contributed by atoms with E-state index in [1.54, 1.807) is 29.1 Å². The monoisotopic (exact) mass is 246 g/mol. The third-order valence-corrected chi connectivity index (χ3v) is 2.52. The number of nitrogens with one attached hydrogen (secondary N) is 1. The Morgan fingerprint density at radius 3 is 3.06 bits per heavy atom. The lowest BCUT2D eigenvalue weighted by atomic mass is 10.2. The van der Waals surface area contributed by atoms with Gasteiger partial charge in [0.15, 0.2) is 11.6 Å². The van der Waals surface area contributed by atoms with E-state index >= 15 is 0 Å². The number of fused-ring (bicyclic) bond motifs is 1. The summed E-state index contributed by atoms with van der Waals surface area (Å²) in [6.45, 7) is 0. The number of hydrogen-bond donors (Lipinski definition) is 2. The fraction of sp³-hybridized carbons (Fsp3) is 0.182. The van der Waals surface area contributed by atoms with Gasteiger partial charge >= 0.3 is 5.97 Å². The molecule has 18 heavy (non-hydrogen) atoms. The molecule has 3 heterocycles. The van der Waals surface area contributed by atoms with Gasteiger partial charge in [-0.2, -0.15) is 4.98 Å². The summed E-state index contributed by atoms with van der Waals surface area (Å²) in [4.78, 5) is 19.0. The van der Waals surface area contributed by atoms with Crippen molar-refractivity contribution in [3.63, 3.8) is 0 Å². The van der Waals surface area contributed by atoms with Crippen LogP contribution in [0.1, 0.15) is 12.1 Å². The minimum absolute atomic E-state index is 0.0607. The third-order valence-electron chi connectivity index (χ3n) is 2.52. The molecule has 92 valence electrons. The molecule has 0 aliphatic carbocycles. The Labute approximate surface area is 101 Å². The number of aromatic nitrogens is 4. The number of furan rings is 1. The van der Waals surface area contributed by atoms with Gasteiger partial charge < -0.3 is 9.52 Å². The zero-order chi connectivity index (χ0) is 12.5. The molecule has 0 bridgehead atoms. The van der Waals surface area contributed by atoms with E-state index in [1.807, 2.05) is 0 Å². The first kappa shape index (κ1) is 10.6. The highest BCUT2D eigenvalue weighted by Gasteiger charge is 2.11. The van der Waals surface area contributed by atoms with Gasteiger partial charge in [0.1, 0.15) is 0 Å². The first-order valence-electron chi connectivity index (χ1n) is 5.42. The second-order valence-electron chi connectivity index (χ2n) is 3.85. The number of carbonyl (C=O) groups is 1. The fourth-order valence-electron chi connectivity index (χ4n) is 1.70. The van der Waals surface area contributed by atoms with Crippen LogP contribution in [0.2, 0.25) is 0 Å². The van der Waals surface area contributed by atoms with E-state index < -0.39 is 5.97 Å². The number of imidazole rings is 1. The van der Waals surface area contributed by atoms with Crippen molar-refractivity contribution in [3.05, 3.63) is 30.3 Å². The lowest BCUT2D eigenvalue weighted by Gasteiger charge is -1.90. The molecule has 7 heteroatoms. The highest BCUT2D eigenvalue weighted by atomic mass is 16.4. The summed E-state index contributed by atoms with van der Waals surface area (Å²) >= 11 is 0. The molecule has 0 saturated heterocycles. The molecule has 0 unspecified atom stereocenters. The maximum absolute atomic E-state index is 10.5. The van der Waals surface area contributed by atoms with Gasteiger partial charge in [-0.3, -0.25) is 9.89 Å². The molecule has 3 aromatic heterocycles. The third kappa shape index (κ3) is 1.86. The molecule has 3 aromatic rings. The summed E-state index contributed by atoms with van der Waals surface area (Å²) in [5.74, 6) is 0.887. The molecule has 0 atom stereocenters. The van der Waals surface area contributed by atoms with E-state index in [-0.39, 0.29) is 6.42 Å². The Morgan fingerprint density at radius 1 is 1.50 bits per heavy atom. The molecule has 3 rings (SSSR count). The minimum atomic E-state index is -0.837. The van der Waals surface area contributed by atoms with Gasteiger partial charge in [-0.1, -0.05) is 0 Å². The standard InChI is InChI=1S/C11H10N4O3/c16-9(17)4-3-7-6-15-11(12-7)13-10(14-15)8-2-1-5-18-8/h1-2,5-6H,3-4H2,(H,16,17)(H,12,13,14). The van der Waals surface area contributed by atoms with Crippen LogP contribution in [0.3, 0.4) is 0 Å². The average molecular weight is 246 g/mol. The summed E-state index contributed by atoms with van der Waals surface area (Å²) in [7, 11) is 0. The number of nitrogens with zero attached hydrogens (tertiary/aromatic N) is 3. The Bertz CT molecular complexity index is 649. The largest absolute Gasteiger partial charge is 0.481 e. The Morgan fingerprint density at radius 2 is 2.39 bits per heavy atom. The molecule has 0 aromatic carbocycles. The SMILES string of the molecule is O=C(O)CCc1cn2[nH]c(-c3ccco3)nc2n1.